The maximum Gasteiger partial charge on any atom is 0.329 e. The Morgan fingerprint density at radius 1 is 0.943 bits per heavy atom. The van der Waals surface area contributed by atoms with Gasteiger partial charge in [-0.15, -0.1) is 0 Å². The molecule has 182 valence electrons. The van der Waals surface area contributed by atoms with Gasteiger partial charge in [-0.05, 0) is 48.7 Å². The first-order valence-electron chi connectivity index (χ1n) is 12.0. The lowest BCUT2D eigenvalue weighted by Gasteiger charge is -2.36. The average molecular weight is 479 g/mol. The van der Waals surface area contributed by atoms with Crippen LogP contribution in [0.15, 0.2) is 52.1 Å². The Morgan fingerprint density at radius 3 is 2.40 bits per heavy atom. The van der Waals surface area contributed by atoms with Crippen LogP contribution in [0.4, 0.5) is 4.39 Å². The van der Waals surface area contributed by atoms with Crippen LogP contribution in [0.1, 0.15) is 41.6 Å². The number of fused-ring (bicyclic) bond motifs is 1. The Hall–Kier alpha value is -3.75. The van der Waals surface area contributed by atoms with Gasteiger partial charge in [0.25, 0.3) is 11.5 Å². The number of carbonyl (C=O) groups is 2. The Balaban J connectivity index is 1.32. The van der Waals surface area contributed by atoms with Crippen molar-refractivity contribution in [1.29, 1.82) is 0 Å². The van der Waals surface area contributed by atoms with Crippen molar-refractivity contribution in [1.82, 2.24) is 19.4 Å². The van der Waals surface area contributed by atoms with Gasteiger partial charge >= 0.3 is 5.69 Å². The van der Waals surface area contributed by atoms with Crippen LogP contribution >= 0.6 is 0 Å². The molecule has 0 bridgehead atoms. The number of halogens is 1. The molecule has 0 unspecified atom stereocenters. The molecule has 2 aromatic carbocycles. The van der Waals surface area contributed by atoms with Crippen LogP contribution < -0.4 is 11.2 Å². The van der Waals surface area contributed by atoms with Crippen LogP contribution in [0, 0.1) is 11.7 Å². The maximum absolute atomic E-state index is 13.9. The zero-order valence-corrected chi connectivity index (χ0v) is 19.3. The maximum atomic E-state index is 13.9. The lowest BCUT2D eigenvalue weighted by Crippen LogP contribution is -2.51. The van der Waals surface area contributed by atoms with Gasteiger partial charge in [0.2, 0.25) is 5.91 Å². The first-order chi connectivity index (χ1) is 16.9. The lowest BCUT2D eigenvalue weighted by molar-refractivity contribution is -0.136. The summed E-state index contributed by atoms with van der Waals surface area (Å²) in [5.74, 6) is -0.336. The molecule has 35 heavy (non-hydrogen) atoms. The van der Waals surface area contributed by atoms with E-state index >= 15 is 0 Å². The Kier molecular flexibility index (Phi) is 6.23. The third-order valence-corrected chi connectivity index (χ3v) is 7.06. The number of hydrogen-bond donors (Lipinski definition) is 1. The second kappa shape index (κ2) is 9.48. The van der Waals surface area contributed by atoms with E-state index in [1.807, 2.05) is 4.90 Å². The van der Waals surface area contributed by atoms with Crippen molar-refractivity contribution in [3.63, 3.8) is 0 Å². The van der Waals surface area contributed by atoms with Crippen molar-refractivity contribution in [2.24, 2.45) is 5.92 Å². The van der Waals surface area contributed by atoms with E-state index in [1.54, 1.807) is 29.2 Å². The van der Waals surface area contributed by atoms with Gasteiger partial charge in [-0.2, -0.15) is 0 Å². The van der Waals surface area contributed by atoms with E-state index in [4.69, 9.17) is 0 Å². The van der Waals surface area contributed by atoms with Crippen LogP contribution in [0.25, 0.3) is 10.9 Å². The monoisotopic (exact) mass is 478 g/mol. The molecule has 5 rings (SSSR count). The van der Waals surface area contributed by atoms with Crippen molar-refractivity contribution in [3.05, 3.63) is 80.2 Å². The van der Waals surface area contributed by atoms with E-state index in [2.05, 4.69) is 4.98 Å². The van der Waals surface area contributed by atoms with Gasteiger partial charge in [0.1, 0.15) is 5.82 Å². The normalized spacial score (nSPS) is 16.7. The summed E-state index contributed by atoms with van der Waals surface area (Å²) in [6.07, 6.45) is 4.15. The fourth-order valence-electron chi connectivity index (χ4n) is 5.15. The SMILES string of the molecule is O=C(c1cccc(Cn2c(=O)[nH]c(=O)c3ccc(F)cc32)c1)N1CCN(C(=O)C2CCCC2)CC1. The van der Waals surface area contributed by atoms with Crippen LogP contribution in [0.2, 0.25) is 0 Å². The minimum atomic E-state index is -0.645. The molecule has 0 radical (unpaired) electrons. The van der Waals surface area contributed by atoms with Gasteiger partial charge < -0.3 is 9.80 Å². The van der Waals surface area contributed by atoms with E-state index < -0.39 is 17.1 Å². The molecule has 1 N–H and O–H groups in total. The van der Waals surface area contributed by atoms with E-state index in [9.17, 15) is 23.6 Å². The van der Waals surface area contributed by atoms with Crippen LogP contribution in [0.3, 0.4) is 0 Å². The molecule has 8 nitrogen and oxygen atoms in total. The van der Waals surface area contributed by atoms with Crippen molar-refractivity contribution in [3.8, 4) is 0 Å². The minimum Gasteiger partial charge on any atom is -0.339 e. The molecule has 1 aromatic heterocycles. The second-order valence-corrected chi connectivity index (χ2v) is 9.31. The molecule has 1 aliphatic heterocycles. The van der Waals surface area contributed by atoms with E-state index in [0.29, 0.717) is 37.3 Å². The highest BCUT2D eigenvalue weighted by molar-refractivity contribution is 5.94. The standard InChI is InChI=1S/C26H27FN4O4/c27-20-8-9-21-22(15-20)31(26(35)28-23(21)32)16-17-4-3-7-19(14-17)25(34)30-12-10-29(11-13-30)24(33)18-5-1-2-6-18/h3-4,7-9,14-15,18H,1-2,5-6,10-13,16H2,(H,28,32,35). The molecular formula is C26H27FN4O4. The Labute approximate surface area is 201 Å². The summed E-state index contributed by atoms with van der Waals surface area (Å²) < 4.78 is 15.1. The number of piperazine rings is 1. The first-order valence-corrected chi connectivity index (χ1v) is 12.0. The minimum absolute atomic E-state index is 0.0698. The summed E-state index contributed by atoms with van der Waals surface area (Å²) in [5, 5.41) is 0.211. The van der Waals surface area contributed by atoms with E-state index in [0.717, 1.165) is 31.7 Å². The average Bonchev–Trinajstić information content (AvgIpc) is 3.41. The Morgan fingerprint density at radius 2 is 1.66 bits per heavy atom. The predicted molar refractivity (Wildman–Crippen MR) is 129 cm³/mol. The van der Waals surface area contributed by atoms with Crippen molar-refractivity contribution in [2.75, 3.05) is 26.2 Å². The topological polar surface area (TPSA) is 95.5 Å². The molecule has 1 saturated heterocycles. The zero-order valence-electron chi connectivity index (χ0n) is 19.3. The summed E-state index contributed by atoms with van der Waals surface area (Å²) in [5.41, 5.74) is 0.124. The van der Waals surface area contributed by atoms with Gasteiger partial charge in [-0.3, -0.25) is 23.9 Å². The first kappa shape index (κ1) is 23.0. The van der Waals surface area contributed by atoms with Gasteiger partial charge in [0.15, 0.2) is 0 Å². The van der Waals surface area contributed by atoms with Crippen molar-refractivity contribution in [2.45, 2.75) is 32.2 Å². The predicted octanol–water partition coefficient (Wildman–Crippen LogP) is 2.35. The van der Waals surface area contributed by atoms with E-state index in [1.165, 1.54) is 16.7 Å². The van der Waals surface area contributed by atoms with Gasteiger partial charge in [-0.25, -0.2) is 9.18 Å². The molecule has 2 fully saturated rings. The number of nitrogens with one attached hydrogen (secondary N) is 1. The molecule has 3 aromatic rings. The van der Waals surface area contributed by atoms with Crippen LogP contribution in [0.5, 0.6) is 0 Å². The highest BCUT2D eigenvalue weighted by Crippen LogP contribution is 2.27. The molecule has 2 aliphatic rings. The number of benzene rings is 2. The molecule has 0 atom stereocenters. The zero-order chi connectivity index (χ0) is 24.5. The fraction of sp³-hybridized carbons (Fsp3) is 0.385. The molecule has 9 heteroatoms. The molecule has 1 saturated carbocycles. The second-order valence-electron chi connectivity index (χ2n) is 9.31. The number of rotatable bonds is 4. The third kappa shape index (κ3) is 4.62. The number of amides is 2. The van der Waals surface area contributed by atoms with Crippen molar-refractivity contribution < 1.29 is 14.0 Å². The van der Waals surface area contributed by atoms with E-state index in [-0.39, 0.29) is 35.2 Å². The number of hydrogen-bond acceptors (Lipinski definition) is 4. The quantitative estimate of drug-likeness (QED) is 0.623. The Bertz CT molecular complexity index is 1400. The molecule has 0 spiro atoms. The number of H-pyrrole nitrogens is 1. The number of nitrogens with zero attached hydrogens (tertiary/aromatic N) is 3. The summed E-state index contributed by atoms with van der Waals surface area (Å²) in [4.78, 5) is 56.3. The number of aromatic amines is 1. The summed E-state index contributed by atoms with van der Waals surface area (Å²) in [7, 11) is 0. The molecule has 1 aliphatic carbocycles. The van der Waals surface area contributed by atoms with Gasteiger partial charge in [0, 0.05) is 37.7 Å². The highest BCUT2D eigenvalue weighted by atomic mass is 19.1. The fourth-order valence-corrected chi connectivity index (χ4v) is 5.15. The van der Waals surface area contributed by atoms with Crippen LogP contribution in [-0.4, -0.2) is 57.3 Å². The molecule has 2 amide bonds. The summed E-state index contributed by atoms with van der Waals surface area (Å²) in [6, 6.07) is 10.6. The van der Waals surface area contributed by atoms with Crippen molar-refractivity contribution >= 4 is 22.7 Å². The molecule has 2 heterocycles. The summed E-state index contributed by atoms with van der Waals surface area (Å²) >= 11 is 0. The molecular weight excluding hydrogens is 451 g/mol. The largest absolute Gasteiger partial charge is 0.339 e. The highest BCUT2D eigenvalue weighted by Gasteiger charge is 2.30. The number of carbonyl (C=O) groups excluding carboxylic acids is 2. The van der Waals surface area contributed by atoms with Crippen LogP contribution in [-0.2, 0) is 11.3 Å². The smallest absolute Gasteiger partial charge is 0.329 e. The van der Waals surface area contributed by atoms with Gasteiger partial charge in [-0.1, -0.05) is 25.0 Å². The van der Waals surface area contributed by atoms with Gasteiger partial charge in [0.05, 0.1) is 17.4 Å². The number of aromatic nitrogens is 2. The lowest BCUT2D eigenvalue weighted by atomic mass is 10.1. The summed E-state index contributed by atoms with van der Waals surface area (Å²) in [6.45, 7) is 2.09. The third-order valence-electron chi connectivity index (χ3n) is 7.06.